The predicted molar refractivity (Wildman–Crippen MR) is 74.7 cm³/mol. The molecule has 2 aromatic carbocycles. The van der Waals surface area contributed by atoms with E-state index in [-0.39, 0.29) is 11.3 Å². The number of hydrogen-bond acceptors (Lipinski definition) is 3. The Hall–Kier alpha value is -2.70. The summed E-state index contributed by atoms with van der Waals surface area (Å²) in [7, 11) is 0. The minimum atomic E-state index is -4.72. The van der Waals surface area contributed by atoms with Gasteiger partial charge in [0.1, 0.15) is 5.56 Å². The van der Waals surface area contributed by atoms with E-state index < -0.39 is 29.0 Å². The third kappa shape index (κ3) is 3.07. The highest BCUT2D eigenvalue weighted by Gasteiger charge is 2.37. The first-order chi connectivity index (χ1) is 9.80. The van der Waals surface area contributed by atoms with Crippen molar-refractivity contribution in [3.8, 4) is 0 Å². The molecule has 0 spiro atoms. The average Bonchev–Trinajstić information content (AvgIpc) is 2.42. The number of benzene rings is 2. The van der Waals surface area contributed by atoms with Crippen LogP contribution in [0.25, 0.3) is 0 Å². The maximum absolute atomic E-state index is 13.1. The van der Waals surface area contributed by atoms with E-state index in [0.29, 0.717) is 0 Å². The van der Waals surface area contributed by atoms with Crippen LogP contribution in [0.1, 0.15) is 15.9 Å². The fraction of sp³-hybridized carbons (Fsp3) is 0.0714. The summed E-state index contributed by atoms with van der Waals surface area (Å²) in [5.74, 6) is -0.662. The van der Waals surface area contributed by atoms with E-state index in [0.717, 1.165) is 6.07 Å². The van der Waals surface area contributed by atoms with E-state index in [1.807, 2.05) is 0 Å². The van der Waals surface area contributed by atoms with E-state index in [4.69, 9.17) is 11.5 Å². The molecule has 0 aromatic heterocycles. The van der Waals surface area contributed by atoms with Gasteiger partial charge in [0, 0.05) is 5.56 Å². The van der Waals surface area contributed by atoms with Crippen molar-refractivity contribution in [1.82, 2.24) is 0 Å². The zero-order valence-corrected chi connectivity index (χ0v) is 10.7. The van der Waals surface area contributed by atoms with Gasteiger partial charge in [0.25, 0.3) is 5.91 Å². The van der Waals surface area contributed by atoms with Crippen molar-refractivity contribution in [3.05, 3.63) is 53.6 Å². The van der Waals surface area contributed by atoms with E-state index in [1.165, 1.54) is 18.2 Å². The van der Waals surface area contributed by atoms with Gasteiger partial charge in [-0.15, -0.1) is 0 Å². The van der Waals surface area contributed by atoms with E-state index in [9.17, 15) is 18.0 Å². The normalized spacial score (nSPS) is 11.2. The lowest BCUT2D eigenvalue weighted by molar-refractivity contribution is -0.136. The van der Waals surface area contributed by atoms with Gasteiger partial charge in [0.2, 0.25) is 0 Å². The number of carbonyl (C=O) groups is 1. The summed E-state index contributed by atoms with van der Waals surface area (Å²) in [5.41, 5.74) is 8.64. The molecule has 7 heteroatoms. The molecule has 0 heterocycles. The number of nitrogen functional groups attached to an aromatic ring is 2. The van der Waals surface area contributed by atoms with Crippen LogP contribution < -0.4 is 16.8 Å². The molecule has 0 saturated heterocycles. The molecule has 1 amide bonds. The summed E-state index contributed by atoms with van der Waals surface area (Å²) in [5, 5.41) is 2.21. The Bertz CT molecular complexity index is 669. The van der Waals surface area contributed by atoms with Crippen molar-refractivity contribution in [3.63, 3.8) is 0 Å². The molecule has 2 aromatic rings. The third-order valence-corrected chi connectivity index (χ3v) is 2.85. The van der Waals surface area contributed by atoms with Crippen molar-refractivity contribution in [2.24, 2.45) is 0 Å². The summed E-state index contributed by atoms with van der Waals surface area (Å²) in [6.45, 7) is 0. The van der Waals surface area contributed by atoms with E-state index >= 15 is 0 Å². The molecule has 5 N–H and O–H groups in total. The molecule has 0 aliphatic heterocycles. The van der Waals surface area contributed by atoms with Gasteiger partial charge in [-0.2, -0.15) is 13.2 Å². The number of nitrogens with one attached hydrogen (secondary N) is 1. The highest BCUT2D eigenvalue weighted by Crippen LogP contribution is 2.41. The van der Waals surface area contributed by atoms with Crippen molar-refractivity contribution in [1.29, 1.82) is 0 Å². The van der Waals surface area contributed by atoms with Gasteiger partial charge in [0.15, 0.2) is 0 Å². The first-order valence-electron chi connectivity index (χ1n) is 5.92. The van der Waals surface area contributed by atoms with E-state index in [1.54, 1.807) is 18.2 Å². The molecule has 21 heavy (non-hydrogen) atoms. The number of rotatable bonds is 2. The first-order valence-corrected chi connectivity index (χ1v) is 5.92. The molecule has 0 unspecified atom stereocenters. The Morgan fingerprint density at radius 2 is 1.62 bits per heavy atom. The fourth-order valence-electron chi connectivity index (χ4n) is 1.83. The summed E-state index contributed by atoms with van der Waals surface area (Å²) < 4.78 is 39.2. The minimum absolute atomic E-state index is 0.194. The zero-order valence-electron chi connectivity index (χ0n) is 10.7. The highest BCUT2D eigenvalue weighted by molar-refractivity contribution is 6.05. The third-order valence-electron chi connectivity index (χ3n) is 2.85. The van der Waals surface area contributed by atoms with Gasteiger partial charge in [-0.25, -0.2) is 0 Å². The number of hydrogen-bond donors (Lipinski definition) is 3. The predicted octanol–water partition coefficient (Wildman–Crippen LogP) is 3.12. The lowest BCUT2D eigenvalue weighted by Crippen LogP contribution is -2.18. The van der Waals surface area contributed by atoms with Gasteiger partial charge in [0.05, 0.1) is 17.1 Å². The second-order valence-corrected chi connectivity index (χ2v) is 4.31. The maximum atomic E-state index is 13.1. The monoisotopic (exact) mass is 295 g/mol. The van der Waals surface area contributed by atoms with E-state index in [2.05, 4.69) is 5.32 Å². The quantitative estimate of drug-likeness (QED) is 0.744. The van der Waals surface area contributed by atoms with Crippen LogP contribution in [0, 0.1) is 0 Å². The second kappa shape index (κ2) is 5.35. The van der Waals surface area contributed by atoms with Crippen molar-refractivity contribution >= 4 is 23.0 Å². The second-order valence-electron chi connectivity index (χ2n) is 4.31. The van der Waals surface area contributed by atoms with Gasteiger partial charge in [-0.1, -0.05) is 18.2 Å². The van der Waals surface area contributed by atoms with Crippen LogP contribution in [-0.4, -0.2) is 5.91 Å². The Kier molecular flexibility index (Phi) is 3.75. The van der Waals surface area contributed by atoms with Crippen molar-refractivity contribution < 1.29 is 18.0 Å². The van der Waals surface area contributed by atoms with Gasteiger partial charge < -0.3 is 16.8 Å². The number of anilines is 3. The van der Waals surface area contributed by atoms with Crippen LogP contribution in [0.4, 0.5) is 30.2 Å². The van der Waals surface area contributed by atoms with Gasteiger partial charge in [-0.3, -0.25) is 4.79 Å². The molecule has 0 radical (unpaired) electrons. The number of halogens is 3. The summed E-state index contributed by atoms with van der Waals surface area (Å²) in [6.07, 6.45) is -4.72. The molecule has 0 atom stereocenters. The largest absolute Gasteiger partial charge is 0.420 e. The molecule has 110 valence electrons. The number of alkyl halides is 3. The summed E-state index contributed by atoms with van der Waals surface area (Å²) >= 11 is 0. The minimum Gasteiger partial charge on any atom is -0.397 e. The highest BCUT2D eigenvalue weighted by atomic mass is 19.4. The summed E-state index contributed by atoms with van der Waals surface area (Å²) in [6, 6.07) is 10.2. The maximum Gasteiger partial charge on any atom is 0.420 e. The van der Waals surface area contributed by atoms with Crippen LogP contribution >= 0.6 is 0 Å². The molecular weight excluding hydrogens is 283 g/mol. The molecule has 4 nitrogen and oxygen atoms in total. The van der Waals surface area contributed by atoms with Crippen LogP contribution in [0.15, 0.2) is 42.5 Å². The number of carbonyl (C=O) groups excluding carboxylic acids is 1. The number of amides is 1. The average molecular weight is 295 g/mol. The Balaban J connectivity index is 2.41. The molecule has 0 aliphatic rings. The Morgan fingerprint density at radius 1 is 1.00 bits per heavy atom. The molecule has 0 saturated carbocycles. The van der Waals surface area contributed by atoms with Crippen LogP contribution in [0.2, 0.25) is 0 Å². The molecule has 0 aliphatic carbocycles. The number of nitrogens with two attached hydrogens (primary N) is 2. The Morgan fingerprint density at radius 3 is 2.19 bits per heavy atom. The zero-order chi connectivity index (χ0) is 15.6. The van der Waals surface area contributed by atoms with Crippen LogP contribution in [0.5, 0.6) is 0 Å². The van der Waals surface area contributed by atoms with Crippen LogP contribution in [-0.2, 0) is 6.18 Å². The smallest absolute Gasteiger partial charge is 0.397 e. The molecular formula is C14H12F3N3O. The lowest BCUT2D eigenvalue weighted by atomic mass is 10.1. The molecule has 0 bridgehead atoms. The van der Waals surface area contributed by atoms with Crippen molar-refractivity contribution in [2.75, 3.05) is 16.8 Å². The summed E-state index contributed by atoms with van der Waals surface area (Å²) in [4.78, 5) is 11.9. The topological polar surface area (TPSA) is 81.1 Å². The van der Waals surface area contributed by atoms with Crippen molar-refractivity contribution in [2.45, 2.75) is 6.18 Å². The lowest BCUT2D eigenvalue weighted by Gasteiger charge is -2.17. The van der Waals surface area contributed by atoms with Gasteiger partial charge in [-0.05, 0) is 24.3 Å². The SMILES string of the molecule is Nc1ccc(NC(=O)c2ccccc2)c(C(F)(F)F)c1N. The van der Waals surface area contributed by atoms with Crippen LogP contribution in [0.3, 0.4) is 0 Å². The standard InChI is InChI=1S/C14H12F3N3O/c15-14(16,17)11-10(7-6-9(18)12(11)19)20-13(21)8-4-2-1-3-5-8/h1-7H,18-19H2,(H,20,21). The Labute approximate surface area is 118 Å². The molecule has 2 rings (SSSR count). The fourth-order valence-corrected chi connectivity index (χ4v) is 1.83. The van der Waals surface area contributed by atoms with Gasteiger partial charge >= 0.3 is 6.18 Å². The molecule has 0 fully saturated rings. The first kappa shape index (κ1) is 14.7.